The molecule has 1 fully saturated rings. The molecule has 1 saturated carbocycles. The average molecular weight is 272 g/mol. The van der Waals surface area contributed by atoms with Gasteiger partial charge in [-0.15, -0.1) is 0 Å². The molecule has 0 radical (unpaired) electrons. The van der Waals surface area contributed by atoms with Gasteiger partial charge in [0, 0.05) is 6.04 Å². The lowest BCUT2D eigenvalue weighted by atomic mass is 9.82. The third-order valence-electron chi connectivity index (χ3n) is 2.61. The Morgan fingerprint density at radius 2 is 2.27 bits per heavy atom. The summed E-state index contributed by atoms with van der Waals surface area (Å²) in [7, 11) is 1.60. The Balaban J connectivity index is 2.02. The monoisotopic (exact) mass is 271 g/mol. The van der Waals surface area contributed by atoms with Gasteiger partial charge >= 0.3 is 0 Å². The van der Waals surface area contributed by atoms with E-state index in [0.29, 0.717) is 17.9 Å². The van der Waals surface area contributed by atoms with Crippen LogP contribution in [0, 0.1) is 5.92 Å². The van der Waals surface area contributed by atoms with Gasteiger partial charge in [-0.1, -0.05) is 6.92 Å². The zero-order chi connectivity index (χ0) is 10.8. The van der Waals surface area contributed by atoms with Crippen LogP contribution in [0.1, 0.15) is 19.8 Å². The fourth-order valence-electron chi connectivity index (χ4n) is 1.77. The van der Waals surface area contributed by atoms with Gasteiger partial charge in [-0.2, -0.15) is 4.98 Å². The minimum Gasteiger partial charge on any atom is -0.480 e. The number of ether oxygens (including phenoxy) is 1. The number of aromatic nitrogens is 2. The van der Waals surface area contributed by atoms with E-state index in [9.17, 15) is 0 Å². The first-order valence-electron chi connectivity index (χ1n) is 5.02. The predicted molar refractivity (Wildman–Crippen MR) is 62.1 cm³/mol. The molecular weight excluding hydrogens is 258 g/mol. The van der Waals surface area contributed by atoms with Crippen LogP contribution < -0.4 is 10.1 Å². The molecule has 1 aromatic heterocycles. The molecule has 15 heavy (non-hydrogen) atoms. The van der Waals surface area contributed by atoms with E-state index < -0.39 is 0 Å². The van der Waals surface area contributed by atoms with Crippen molar-refractivity contribution < 1.29 is 4.74 Å². The fraction of sp³-hybridized carbons (Fsp3) is 0.600. The summed E-state index contributed by atoms with van der Waals surface area (Å²) in [4.78, 5) is 8.43. The molecule has 5 heteroatoms. The van der Waals surface area contributed by atoms with Crippen molar-refractivity contribution in [3.63, 3.8) is 0 Å². The third kappa shape index (κ3) is 2.40. The summed E-state index contributed by atoms with van der Waals surface area (Å²) in [6.07, 6.45) is 4.10. The second kappa shape index (κ2) is 4.35. The minimum atomic E-state index is 0.519. The molecule has 0 aliphatic heterocycles. The lowest BCUT2D eigenvalue weighted by Crippen LogP contribution is -2.34. The smallest absolute Gasteiger partial charge is 0.232 e. The van der Waals surface area contributed by atoms with E-state index in [2.05, 4.69) is 38.1 Å². The van der Waals surface area contributed by atoms with Crippen LogP contribution in [0.3, 0.4) is 0 Å². The number of anilines is 1. The molecule has 1 aliphatic rings. The van der Waals surface area contributed by atoms with Crippen molar-refractivity contribution in [1.82, 2.24) is 9.97 Å². The molecule has 0 unspecified atom stereocenters. The van der Waals surface area contributed by atoms with Crippen LogP contribution in [-0.2, 0) is 0 Å². The van der Waals surface area contributed by atoms with E-state index >= 15 is 0 Å². The Morgan fingerprint density at radius 1 is 1.53 bits per heavy atom. The first-order chi connectivity index (χ1) is 7.19. The summed E-state index contributed by atoms with van der Waals surface area (Å²) < 4.78 is 5.88. The molecule has 0 aromatic carbocycles. The standard InChI is InChI=1S/C10H14BrN3O/c1-6-3-7(4-6)13-10-12-5-8(11)9(14-10)15-2/h5-7H,3-4H2,1-2H3,(H,12,13,14). The van der Waals surface area contributed by atoms with Gasteiger partial charge in [-0.3, -0.25) is 0 Å². The summed E-state index contributed by atoms with van der Waals surface area (Å²) in [5.41, 5.74) is 0. The number of nitrogens with one attached hydrogen (secondary N) is 1. The van der Waals surface area contributed by atoms with Crippen LogP contribution in [0.5, 0.6) is 5.88 Å². The van der Waals surface area contributed by atoms with E-state index in [1.165, 1.54) is 12.8 Å². The maximum absolute atomic E-state index is 5.10. The predicted octanol–water partition coefficient (Wildman–Crippen LogP) is 2.46. The molecule has 0 amide bonds. The highest BCUT2D eigenvalue weighted by Gasteiger charge is 2.25. The van der Waals surface area contributed by atoms with Gasteiger partial charge in [0.15, 0.2) is 0 Å². The second-order valence-electron chi connectivity index (χ2n) is 3.97. The van der Waals surface area contributed by atoms with Gasteiger partial charge in [0.1, 0.15) is 0 Å². The zero-order valence-electron chi connectivity index (χ0n) is 8.83. The van der Waals surface area contributed by atoms with Crippen LogP contribution in [0.15, 0.2) is 10.7 Å². The molecule has 1 heterocycles. The molecule has 4 nitrogen and oxygen atoms in total. The Morgan fingerprint density at radius 3 is 2.87 bits per heavy atom. The van der Waals surface area contributed by atoms with E-state index in [-0.39, 0.29) is 0 Å². The summed E-state index contributed by atoms with van der Waals surface area (Å²) in [6.45, 7) is 2.25. The maximum Gasteiger partial charge on any atom is 0.232 e. The van der Waals surface area contributed by atoms with Gasteiger partial charge < -0.3 is 10.1 Å². The summed E-state index contributed by atoms with van der Waals surface area (Å²) >= 11 is 3.32. The molecule has 1 N–H and O–H groups in total. The lowest BCUT2D eigenvalue weighted by Gasteiger charge is -2.33. The zero-order valence-corrected chi connectivity index (χ0v) is 10.4. The quantitative estimate of drug-likeness (QED) is 0.918. The van der Waals surface area contributed by atoms with Crippen molar-refractivity contribution in [2.75, 3.05) is 12.4 Å². The van der Waals surface area contributed by atoms with Crippen LogP contribution in [0.2, 0.25) is 0 Å². The number of rotatable bonds is 3. The van der Waals surface area contributed by atoms with Gasteiger partial charge in [0.25, 0.3) is 0 Å². The van der Waals surface area contributed by atoms with Crippen molar-refractivity contribution in [3.05, 3.63) is 10.7 Å². The normalized spacial score (nSPS) is 24.5. The van der Waals surface area contributed by atoms with E-state index in [0.717, 1.165) is 10.4 Å². The van der Waals surface area contributed by atoms with Crippen molar-refractivity contribution in [3.8, 4) is 5.88 Å². The third-order valence-corrected chi connectivity index (χ3v) is 3.16. The number of hydrogen-bond donors (Lipinski definition) is 1. The number of hydrogen-bond acceptors (Lipinski definition) is 4. The van der Waals surface area contributed by atoms with Crippen LogP contribution in [0.25, 0.3) is 0 Å². The largest absolute Gasteiger partial charge is 0.480 e. The molecule has 0 bridgehead atoms. The molecule has 82 valence electrons. The molecule has 1 aliphatic carbocycles. The number of halogens is 1. The molecule has 1 aromatic rings. The van der Waals surface area contributed by atoms with Crippen molar-refractivity contribution in [2.45, 2.75) is 25.8 Å². The summed E-state index contributed by atoms with van der Waals surface area (Å²) in [5.74, 6) is 2.03. The molecule has 2 rings (SSSR count). The molecule has 0 saturated heterocycles. The Labute approximate surface area is 97.6 Å². The van der Waals surface area contributed by atoms with Crippen molar-refractivity contribution in [2.24, 2.45) is 5.92 Å². The summed E-state index contributed by atoms with van der Waals surface area (Å²) in [6, 6.07) is 0.519. The Hall–Kier alpha value is -0.840. The summed E-state index contributed by atoms with van der Waals surface area (Å²) in [5, 5.41) is 3.29. The lowest BCUT2D eigenvalue weighted by molar-refractivity contribution is 0.307. The Bertz CT molecular complexity index is 353. The van der Waals surface area contributed by atoms with Crippen molar-refractivity contribution in [1.29, 1.82) is 0 Å². The minimum absolute atomic E-state index is 0.519. The first-order valence-corrected chi connectivity index (χ1v) is 5.81. The van der Waals surface area contributed by atoms with Crippen LogP contribution >= 0.6 is 15.9 Å². The van der Waals surface area contributed by atoms with E-state index in [1.54, 1.807) is 13.3 Å². The molecule has 0 atom stereocenters. The van der Waals surface area contributed by atoms with Crippen LogP contribution in [0.4, 0.5) is 5.95 Å². The number of nitrogens with zero attached hydrogens (tertiary/aromatic N) is 2. The van der Waals surface area contributed by atoms with E-state index in [4.69, 9.17) is 4.74 Å². The second-order valence-corrected chi connectivity index (χ2v) is 4.82. The highest BCUT2D eigenvalue weighted by Crippen LogP contribution is 2.29. The van der Waals surface area contributed by atoms with Gasteiger partial charge in [0.2, 0.25) is 11.8 Å². The highest BCUT2D eigenvalue weighted by atomic mass is 79.9. The Kier molecular flexibility index (Phi) is 3.09. The SMILES string of the molecule is COc1nc(NC2CC(C)C2)ncc1Br. The maximum atomic E-state index is 5.10. The van der Waals surface area contributed by atoms with Crippen molar-refractivity contribution >= 4 is 21.9 Å². The molecule has 0 spiro atoms. The average Bonchev–Trinajstić information content (AvgIpc) is 2.18. The molecular formula is C10H14BrN3O. The topological polar surface area (TPSA) is 47.0 Å². The van der Waals surface area contributed by atoms with Gasteiger partial charge in [-0.25, -0.2) is 4.98 Å². The number of methoxy groups -OCH3 is 1. The van der Waals surface area contributed by atoms with Gasteiger partial charge in [0.05, 0.1) is 17.8 Å². The van der Waals surface area contributed by atoms with Gasteiger partial charge in [-0.05, 0) is 34.7 Å². The fourth-order valence-corrected chi connectivity index (χ4v) is 2.12. The van der Waals surface area contributed by atoms with E-state index in [1.807, 2.05) is 0 Å². The first kappa shape index (κ1) is 10.7. The highest BCUT2D eigenvalue weighted by molar-refractivity contribution is 9.10. The van der Waals surface area contributed by atoms with Crippen LogP contribution in [-0.4, -0.2) is 23.1 Å².